The van der Waals surface area contributed by atoms with Crippen molar-refractivity contribution in [2.45, 2.75) is 24.8 Å². The van der Waals surface area contributed by atoms with Crippen LogP contribution in [0.3, 0.4) is 0 Å². The summed E-state index contributed by atoms with van der Waals surface area (Å²) in [5.74, 6) is 0.618. The van der Waals surface area contributed by atoms with E-state index in [1.54, 1.807) is 24.3 Å². The number of benzene rings is 1. The molecule has 0 saturated carbocycles. The lowest BCUT2D eigenvalue weighted by atomic mass is 10.1. The van der Waals surface area contributed by atoms with Crippen LogP contribution in [0.4, 0.5) is 13.2 Å². The highest BCUT2D eigenvalue weighted by atomic mass is 32.2. The van der Waals surface area contributed by atoms with Crippen LogP contribution in [0.1, 0.15) is 18.2 Å². The highest BCUT2D eigenvalue weighted by Crippen LogP contribution is 2.30. The van der Waals surface area contributed by atoms with Gasteiger partial charge in [-0.1, -0.05) is 12.1 Å². The van der Waals surface area contributed by atoms with E-state index in [2.05, 4.69) is 9.97 Å². The lowest BCUT2D eigenvalue weighted by molar-refractivity contribution is -0.141. The van der Waals surface area contributed by atoms with Gasteiger partial charge < -0.3 is 9.30 Å². The fourth-order valence-electron chi connectivity index (χ4n) is 2.79. The Kier molecular flexibility index (Phi) is 6.16. The summed E-state index contributed by atoms with van der Waals surface area (Å²) in [4.78, 5) is 19.2. The normalized spacial score (nSPS) is 12.0. The van der Waals surface area contributed by atoms with Crippen molar-refractivity contribution < 1.29 is 26.3 Å². The topological polar surface area (TPSA) is 91.2 Å². The monoisotopic (exact) mass is 453 g/mol. The molecule has 0 aliphatic carbocycles. The molecule has 7 nitrogen and oxygen atoms in total. The SMILES string of the molecule is CCOc1cccc(Cn2cc(-c3cc(C(F)(F)F)nc(S(C)(=O)=O)n3)ccc2=O)c1. The molecule has 3 aromatic rings. The second kappa shape index (κ2) is 8.50. The number of ether oxygens (including phenoxy) is 1. The van der Waals surface area contributed by atoms with Crippen molar-refractivity contribution in [2.75, 3.05) is 12.9 Å². The molecule has 2 aromatic heterocycles. The van der Waals surface area contributed by atoms with Crippen molar-refractivity contribution in [1.29, 1.82) is 0 Å². The lowest BCUT2D eigenvalue weighted by Crippen LogP contribution is -2.19. The summed E-state index contributed by atoms with van der Waals surface area (Å²) < 4.78 is 70.0. The molecule has 0 unspecified atom stereocenters. The average molecular weight is 453 g/mol. The zero-order chi connectivity index (χ0) is 22.8. The molecule has 0 fully saturated rings. The molecule has 0 aliphatic rings. The van der Waals surface area contributed by atoms with Gasteiger partial charge >= 0.3 is 6.18 Å². The Morgan fingerprint density at radius 3 is 2.48 bits per heavy atom. The van der Waals surface area contributed by atoms with E-state index in [1.165, 1.54) is 22.9 Å². The van der Waals surface area contributed by atoms with E-state index in [1.807, 2.05) is 6.92 Å². The molecule has 0 radical (unpaired) electrons. The van der Waals surface area contributed by atoms with Crippen LogP contribution in [-0.4, -0.2) is 35.8 Å². The summed E-state index contributed by atoms with van der Waals surface area (Å²) in [6.45, 7) is 2.43. The minimum absolute atomic E-state index is 0.129. The van der Waals surface area contributed by atoms with E-state index >= 15 is 0 Å². The Bertz CT molecular complexity index is 1270. The lowest BCUT2D eigenvalue weighted by Gasteiger charge is -2.12. The van der Waals surface area contributed by atoms with Crippen LogP contribution < -0.4 is 10.3 Å². The Labute approximate surface area is 176 Å². The molecule has 2 heterocycles. The van der Waals surface area contributed by atoms with E-state index in [-0.39, 0.29) is 23.4 Å². The average Bonchev–Trinajstić information content (AvgIpc) is 2.68. The van der Waals surface area contributed by atoms with Crippen molar-refractivity contribution >= 4 is 9.84 Å². The zero-order valence-corrected chi connectivity index (χ0v) is 17.4. The molecular weight excluding hydrogens is 435 g/mol. The Morgan fingerprint density at radius 1 is 1.10 bits per heavy atom. The first-order valence-corrected chi connectivity index (χ1v) is 11.0. The number of nitrogens with zero attached hydrogens (tertiary/aromatic N) is 3. The first-order chi connectivity index (χ1) is 14.5. The third-order valence-corrected chi connectivity index (χ3v) is 5.02. The molecule has 0 N–H and O–H groups in total. The second-order valence-electron chi connectivity index (χ2n) is 6.66. The van der Waals surface area contributed by atoms with Crippen LogP contribution >= 0.6 is 0 Å². The molecule has 0 spiro atoms. The summed E-state index contributed by atoms with van der Waals surface area (Å²) >= 11 is 0. The maximum Gasteiger partial charge on any atom is 0.433 e. The molecule has 0 atom stereocenters. The maximum absolute atomic E-state index is 13.2. The van der Waals surface area contributed by atoms with Crippen molar-refractivity contribution in [3.05, 3.63) is 70.3 Å². The number of aromatic nitrogens is 3. The predicted octanol–water partition coefficient (Wildman–Crippen LogP) is 3.17. The zero-order valence-electron chi connectivity index (χ0n) is 16.5. The summed E-state index contributed by atoms with van der Waals surface area (Å²) in [5.41, 5.74) is -1.17. The maximum atomic E-state index is 13.2. The third kappa shape index (κ3) is 5.48. The van der Waals surface area contributed by atoms with E-state index < -0.39 is 26.9 Å². The Balaban J connectivity index is 2.07. The van der Waals surface area contributed by atoms with Crippen LogP contribution in [0.5, 0.6) is 5.75 Å². The largest absolute Gasteiger partial charge is 0.494 e. The summed E-state index contributed by atoms with van der Waals surface area (Å²) in [7, 11) is -4.10. The van der Waals surface area contributed by atoms with Gasteiger partial charge in [-0.3, -0.25) is 4.79 Å². The van der Waals surface area contributed by atoms with Crippen LogP contribution in [0.25, 0.3) is 11.3 Å². The van der Waals surface area contributed by atoms with E-state index in [9.17, 15) is 26.4 Å². The van der Waals surface area contributed by atoms with Gasteiger partial charge in [-0.05, 0) is 36.8 Å². The molecule has 0 saturated heterocycles. The quantitative estimate of drug-likeness (QED) is 0.533. The van der Waals surface area contributed by atoms with Gasteiger partial charge in [-0.15, -0.1) is 0 Å². The highest BCUT2D eigenvalue weighted by molar-refractivity contribution is 7.90. The Morgan fingerprint density at radius 2 is 1.84 bits per heavy atom. The minimum atomic E-state index is -4.87. The molecule has 3 rings (SSSR count). The first kappa shape index (κ1) is 22.5. The van der Waals surface area contributed by atoms with Crippen LogP contribution in [0.2, 0.25) is 0 Å². The highest BCUT2D eigenvalue weighted by Gasteiger charge is 2.35. The number of hydrogen-bond donors (Lipinski definition) is 0. The smallest absolute Gasteiger partial charge is 0.433 e. The van der Waals surface area contributed by atoms with Gasteiger partial charge in [-0.2, -0.15) is 13.2 Å². The van der Waals surface area contributed by atoms with E-state index in [0.29, 0.717) is 18.4 Å². The van der Waals surface area contributed by atoms with Gasteiger partial charge in [-0.25, -0.2) is 18.4 Å². The number of rotatable bonds is 6. The number of hydrogen-bond acceptors (Lipinski definition) is 6. The molecule has 1 aromatic carbocycles. The first-order valence-electron chi connectivity index (χ1n) is 9.06. The van der Waals surface area contributed by atoms with Gasteiger partial charge in [0.1, 0.15) is 11.4 Å². The summed E-state index contributed by atoms with van der Waals surface area (Å²) in [5, 5.41) is -0.945. The van der Waals surface area contributed by atoms with Gasteiger partial charge in [0.25, 0.3) is 5.56 Å². The van der Waals surface area contributed by atoms with Crippen molar-refractivity contribution in [1.82, 2.24) is 14.5 Å². The van der Waals surface area contributed by atoms with E-state index in [4.69, 9.17) is 4.74 Å². The molecule has 0 amide bonds. The van der Waals surface area contributed by atoms with Crippen molar-refractivity contribution in [3.63, 3.8) is 0 Å². The van der Waals surface area contributed by atoms with Gasteiger partial charge in [0.15, 0.2) is 0 Å². The molecule has 31 heavy (non-hydrogen) atoms. The van der Waals surface area contributed by atoms with Crippen LogP contribution in [0, 0.1) is 0 Å². The summed E-state index contributed by atoms with van der Waals surface area (Å²) in [6.07, 6.45) is -2.83. The predicted molar refractivity (Wildman–Crippen MR) is 107 cm³/mol. The number of pyridine rings is 1. The fourth-order valence-corrected chi connectivity index (χ4v) is 3.32. The molecule has 164 valence electrons. The minimum Gasteiger partial charge on any atom is -0.494 e. The number of halogens is 3. The number of sulfone groups is 1. The molecule has 0 bridgehead atoms. The van der Waals surface area contributed by atoms with Crippen molar-refractivity contribution in [2.24, 2.45) is 0 Å². The fraction of sp³-hybridized carbons (Fsp3) is 0.250. The van der Waals surface area contributed by atoms with Crippen molar-refractivity contribution in [3.8, 4) is 17.0 Å². The second-order valence-corrected chi connectivity index (χ2v) is 8.56. The molecule has 11 heteroatoms. The molecular formula is C20H18F3N3O4S. The third-order valence-electron chi connectivity index (χ3n) is 4.17. The van der Waals surface area contributed by atoms with Gasteiger partial charge in [0.05, 0.1) is 18.8 Å². The van der Waals surface area contributed by atoms with Gasteiger partial charge in [0.2, 0.25) is 15.0 Å². The van der Waals surface area contributed by atoms with Crippen LogP contribution in [0.15, 0.2) is 58.6 Å². The number of alkyl halides is 3. The molecule has 0 aliphatic heterocycles. The van der Waals surface area contributed by atoms with Crippen LogP contribution in [-0.2, 0) is 22.6 Å². The summed E-state index contributed by atoms with van der Waals surface area (Å²) in [6, 6.07) is 10.1. The Hall–Kier alpha value is -3.21. The van der Waals surface area contributed by atoms with E-state index in [0.717, 1.165) is 11.8 Å². The standard InChI is InChI=1S/C20H18F3N3O4S/c1-3-30-15-6-4-5-13(9-15)11-26-12-14(7-8-18(26)27)16-10-17(20(21,22)23)25-19(24-16)31(2,28)29/h4-10,12H,3,11H2,1-2H3. The van der Waals surface area contributed by atoms with Gasteiger partial charge in [0, 0.05) is 24.1 Å².